The van der Waals surface area contributed by atoms with E-state index in [4.69, 9.17) is 18.3 Å². The number of carbonyl (C=O) groups excluding carboxylic acids is 1. The van der Waals surface area contributed by atoms with Crippen LogP contribution in [0, 0.1) is 11.8 Å². The number of rotatable bonds is 14. The third-order valence-corrected chi connectivity index (χ3v) is 24.4. The van der Waals surface area contributed by atoms with Gasteiger partial charge in [0, 0.05) is 5.92 Å². The van der Waals surface area contributed by atoms with Gasteiger partial charge in [-0.3, -0.25) is 4.79 Å². The topological polar surface area (TPSA) is 54.0 Å². The molecule has 5 nitrogen and oxygen atoms in total. The van der Waals surface area contributed by atoms with Crippen molar-refractivity contribution < 1.29 is 23.1 Å². The summed E-state index contributed by atoms with van der Waals surface area (Å²) in [5, 5.41) is 4.49. The molecule has 334 valence electrons. The Morgan fingerprint density at radius 3 is 1.48 bits per heavy atom. The van der Waals surface area contributed by atoms with E-state index in [9.17, 15) is 4.79 Å². The second kappa shape index (κ2) is 19.5. The maximum Gasteiger partial charge on any atom is 0.308 e. The molecule has 0 N–H and O–H groups in total. The van der Waals surface area contributed by atoms with Crippen LogP contribution >= 0.6 is 0 Å². The van der Waals surface area contributed by atoms with E-state index in [0.29, 0.717) is 12.5 Å². The van der Waals surface area contributed by atoms with Crippen LogP contribution in [-0.2, 0) is 28.5 Å². The standard InChI is InChI=1S/C56H72O5Si2/c1-42-35-37-49(56(8,9)43-25-15-10-16-26-43)51(39-42)60-53(57)40-52-50(61-63(55(5,6)7,47-31-21-13-22-32-47)48-33-23-14-24-34-48)38-36-44(59-52)41-58-62(54(2,3)4,45-27-17-11-18-28-45)46-29-19-12-20-30-46/h10-34,42,44,49-52H,35-41H2,1-9H3/t42-,44-,49-,50+,51-,52-/m1/s1. The maximum absolute atomic E-state index is 14.7. The van der Waals surface area contributed by atoms with E-state index in [1.807, 2.05) is 0 Å². The summed E-state index contributed by atoms with van der Waals surface area (Å²) >= 11 is 0. The fourth-order valence-corrected chi connectivity index (χ4v) is 20.4. The molecule has 7 heteroatoms. The molecule has 1 saturated carbocycles. The van der Waals surface area contributed by atoms with Gasteiger partial charge < -0.3 is 18.3 Å². The predicted octanol–water partition coefficient (Wildman–Crippen LogP) is 10.8. The fraction of sp³-hybridized carbons (Fsp3) is 0.446. The minimum atomic E-state index is -2.99. The molecule has 1 aliphatic heterocycles. The molecule has 1 heterocycles. The van der Waals surface area contributed by atoms with Crippen molar-refractivity contribution in [3.8, 4) is 0 Å². The average Bonchev–Trinajstić information content (AvgIpc) is 3.27. The van der Waals surface area contributed by atoms with Gasteiger partial charge in [0.2, 0.25) is 0 Å². The first-order chi connectivity index (χ1) is 30.1. The van der Waals surface area contributed by atoms with Gasteiger partial charge in [-0.15, -0.1) is 0 Å². The SMILES string of the molecule is C[C@@H]1CC[C@@H](C(C)(C)c2ccccc2)[C@H](OC(=O)C[C@H]2O[C@@H](CO[Si](c3ccccc3)(c3ccccc3)C(C)(C)C)CC[C@@H]2O[Si](c2ccccc2)(c2ccccc2)C(C)(C)C)C1. The van der Waals surface area contributed by atoms with E-state index in [2.05, 4.69) is 214 Å². The Bertz CT molecular complexity index is 2110. The van der Waals surface area contributed by atoms with Crippen molar-refractivity contribution in [2.75, 3.05) is 6.61 Å². The van der Waals surface area contributed by atoms with E-state index in [1.54, 1.807) is 0 Å². The zero-order chi connectivity index (χ0) is 44.9. The summed E-state index contributed by atoms with van der Waals surface area (Å²) < 4.78 is 29.3. The van der Waals surface area contributed by atoms with E-state index >= 15 is 0 Å². The van der Waals surface area contributed by atoms with Crippen LogP contribution < -0.4 is 20.7 Å². The summed E-state index contributed by atoms with van der Waals surface area (Å²) in [7, 11) is -5.84. The first-order valence-electron chi connectivity index (χ1n) is 23.5. The molecule has 0 radical (unpaired) electrons. The molecule has 5 aromatic rings. The monoisotopic (exact) mass is 880 g/mol. The lowest BCUT2D eigenvalue weighted by Gasteiger charge is -2.48. The van der Waals surface area contributed by atoms with Gasteiger partial charge in [0.15, 0.2) is 0 Å². The number of hydrogen-bond donors (Lipinski definition) is 0. The van der Waals surface area contributed by atoms with E-state index in [-0.39, 0.29) is 52.1 Å². The summed E-state index contributed by atoms with van der Waals surface area (Å²) in [5.41, 5.74) is 1.12. The van der Waals surface area contributed by atoms with Gasteiger partial charge in [-0.2, -0.15) is 0 Å². The lowest BCUT2D eigenvalue weighted by Crippen LogP contribution is -2.69. The van der Waals surface area contributed by atoms with Gasteiger partial charge in [0.05, 0.1) is 31.3 Å². The minimum absolute atomic E-state index is 0.113. The summed E-state index contributed by atoms with van der Waals surface area (Å²) in [6.45, 7) is 21.2. The van der Waals surface area contributed by atoms with Crippen LogP contribution in [0.25, 0.3) is 0 Å². The van der Waals surface area contributed by atoms with Crippen molar-refractivity contribution in [3.05, 3.63) is 157 Å². The Labute approximate surface area is 381 Å². The molecule has 0 amide bonds. The number of esters is 1. The Morgan fingerprint density at radius 2 is 1.02 bits per heavy atom. The average molecular weight is 881 g/mol. The quantitative estimate of drug-likeness (QED) is 0.0822. The molecule has 0 spiro atoms. The third-order valence-electron chi connectivity index (χ3n) is 14.4. The van der Waals surface area contributed by atoms with Gasteiger partial charge in [0.25, 0.3) is 16.6 Å². The zero-order valence-corrected chi connectivity index (χ0v) is 41.4. The molecule has 0 aromatic heterocycles. The Morgan fingerprint density at radius 1 is 0.571 bits per heavy atom. The van der Waals surface area contributed by atoms with Crippen molar-refractivity contribution >= 4 is 43.4 Å². The number of hydrogen-bond acceptors (Lipinski definition) is 5. The van der Waals surface area contributed by atoms with E-state index in [0.717, 1.165) is 32.1 Å². The highest BCUT2D eigenvalue weighted by Gasteiger charge is 2.54. The highest BCUT2D eigenvalue weighted by Crippen LogP contribution is 2.45. The highest BCUT2D eigenvalue weighted by atomic mass is 28.4. The molecule has 5 aromatic carbocycles. The van der Waals surface area contributed by atoms with Crippen LogP contribution in [0.4, 0.5) is 0 Å². The van der Waals surface area contributed by atoms with Gasteiger partial charge in [-0.05, 0) is 73.4 Å². The minimum Gasteiger partial charge on any atom is -0.462 e. The molecule has 7 rings (SSSR count). The third kappa shape index (κ3) is 9.94. The summed E-state index contributed by atoms with van der Waals surface area (Å²) in [5.74, 6) is 0.465. The van der Waals surface area contributed by atoms with E-state index < -0.39 is 22.7 Å². The molecule has 1 saturated heterocycles. The molecular weight excluding hydrogens is 809 g/mol. The summed E-state index contributed by atoms with van der Waals surface area (Å²) in [6, 6.07) is 53.9. The Kier molecular flexibility index (Phi) is 14.5. The van der Waals surface area contributed by atoms with Crippen molar-refractivity contribution in [2.24, 2.45) is 11.8 Å². The predicted molar refractivity (Wildman–Crippen MR) is 264 cm³/mol. The zero-order valence-electron chi connectivity index (χ0n) is 39.4. The van der Waals surface area contributed by atoms with Crippen molar-refractivity contribution in [1.29, 1.82) is 0 Å². The van der Waals surface area contributed by atoms with Crippen molar-refractivity contribution in [2.45, 2.75) is 141 Å². The Balaban J connectivity index is 1.23. The summed E-state index contributed by atoms with van der Waals surface area (Å²) in [4.78, 5) is 14.7. The lowest BCUT2D eigenvalue weighted by atomic mass is 9.64. The number of ether oxygens (including phenoxy) is 2. The van der Waals surface area contributed by atoms with Gasteiger partial charge in [0.1, 0.15) is 6.10 Å². The molecule has 2 fully saturated rings. The smallest absolute Gasteiger partial charge is 0.308 e. The first kappa shape index (κ1) is 46.9. The van der Waals surface area contributed by atoms with E-state index in [1.165, 1.54) is 26.3 Å². The van der Waals surface area contributed by atoms with Crippen LogP contribution in [0.5, 0.6) is 0 Å². The molecular formula is C56H72O5Si2. The molecule has 0 unspecified atom stereocenters. The first-order valence-corrected chi connectivity index (χ1v) is 27.3. The summed E-state index contributed by atoms with van der Waals surface area (Å²) in [6.07, 6.45) is 3.31. The van der Waals surface area contributed by atoms with Gasteiger partial charge >= 0.3 is 5.97 Å². The molecule has 63 heavy (non-hydrogen) atoms. The van der Waals surface area contributed by atoms with Gasteiger partial charge in [-0.1, -0.05) is 220 Å². The van der Waals surface area contributed by atoms with Crippen LogP contribution in [0.15, 0.2) is 152 Å². The lowest BCUT2D eigenvalue weighted by molar-refractivity contribution is -0.169. The van der Waals surface area contributed by atoms with Crippen LogP contribution in [0.2, 0.25) is 10.1 Å². The molecule has 6 atom stereocenters. The van der Waals surface area contributed by atoms with Crippen LogP contribution in [0.1, 0.15) is 106 Å². The highest BCUT2D eigenvalue weighted by molar-refractivity contribution is 7.00. The molecule has 0 bridgehead atoms. The number of benzene rings is 5. The Hall–Kier alpha value is -4.12. The normalized spacial score (nSPS) is 22.6. The second-order valence-electron chi connectivity index (χ2n) is 21.0. The van der Waals surface area contributed by atoms with Crippen LogP contribution in [0.3, 0.4) is 0 Å². The van der Waals surface area contributed by atoms with Crippen LogP contribution in [-0.4, -0.2) is 53.6 Å². The second-order valence-corrected chi connectivity index (χ2v) is 29.6. The molecule has 2 aliphatic rings. The maximum atomic E-state index is 14.7. The van der Waals surface area contributed by atoms with Crippen molar-refractivity contribution in [3.63, 3.8) is 0 Å². The largest absolute Gasteiger partial charge is 0.462 e. The van der Waals surface area contributed by atoms with Crippen molar-refractivity contribution in [1.82, 2.24) is 0 Å². The van der Waals surface area contributed by atoms with Gasteiger partial charge in [-0.25, -0.2) is 0 Å². The fourth-order valence-electron chi connectivity index (χ4n) is 11.0. The number of carbonyl (C=O) groups is 1. The molecule has 1 aliphatic carbocycles.